The maximum absolute atomic E-state index is 10.1. The van der Waals surface area contributed by atoms with Gasteiger partial charge in [0.25, 0.3) is 0 Å². The van der Waals surface area contributed by atoms with Gasteiger partial charge in [-0.2, -0.15) is 0 Å². The third-order valence-electron chi connectivity index (χ3n) is 15.1. The smallest absolute Gasteiger partial charge is 0.241 e. The SMILES string of the molecule is CCC1CN2CCC1C[C@@H]2[C@@H](COc1nnc(OC[C@@H](c2ccnc3ccc(CO)cc23)C2C[C@H]3CCN2C[C@@H]3CC)c2ccccc12)c1ccnc2ccc(OC)cc12. The standard InChI is InChI=1S/C50H58N6O4/c1-4-32-26-55-20-16-34(32)23-47(55)43(37-14-18-51-45-12-10-31(28-57)22-41(37)45)29-59-49-39-8-6-7-9-40(39)50(54-53-49)60-30-44(48-24-35-17-21-56(48)27-33(35)5-2)38-15-19-52-46-13-11-36(58-3)25-42(38)46/h6-15,18-19,22,25,32-35,43-44,47-48,57H,4-5,16-17,20-21,23-24,26-30H2,1-3H3/t32-,33?,34+,35?,43-,44-,47?,48+/m0/s1. The van der Waals surface area contributed by atoms with Crippen LogP contribution in [-0.4, -0.2) is 93.7 Å². The molecule has 60 heavy (non-hydrogen) atoms. The lowest BCUT2D eigenvalue weighted by Crippen LogP contribution is -2.55. The number of hydrogen-bond acceptors (Lipinski definition) is 10. The first-order valence-corrected chi connectivity index (χ1v) is 22.4. The Kier molecular flexibility index (Phi) is 11.0. The molecule has 5 unspecified atom stereocenters. The molecule has 0 spiro atoms. The summed E-state index contributed by atoms with van der Waals surface area (Å²) in [6.07, 6.45) is 11.1. The molecule has 0 amide bonds. The highest BCUT2D eigenvalue weighted by Crippen LogP contribution is 2.46. The van der Waals surface area contributed by atoms with Crippen molar-refractivity contribution in [2.45, 2.75) is 82.9 Å². The molecule has 10 nitrogen and oxygen atoms in total. The molecular formula is C50H58N6O4. The molecule has 6 saturated heterocycles. The number of benzene rings is 3. The fourth-order valence-corrected chi connectivity index (χ4v) is 11.8. The van der Waals surface area contributed by atoms with Crippen LogP contribution in [-0.2, 0) is 6.61 Å². The Labute approximate surface area is 353 Å². The van der Waals surface area contributed by atoms with Gasteiger partial charge in [-0.15, -0.1) is 10.2 Å². The molecule has 1 N–H and O–H groups in total. The molecule has 6 aliphatic heterocycles. The van der Waals surface area contributed by atoms with Gasteiger partial charge in [0.1, 0.15) is 5.75 Å². The highest BCUT2D eigenvalue weighted by atomic mass is 16.5. The molecule has 0 aliphatic carbocycles. The zero-order chi connectivity index (χ0) is 40.7. The van der Waals surface area contributed by atoms with Crippen molar-refractivity contribution >= 4 is 32.6 Å². The fourth-order valence-electron chi connectivity index (χ4n) is 11.8. The molecule has 312 valence electrons. The van der Waals surface area contributed by atoms with E-state index in [0.29, 0.717) is 37.1 Å². The van der Waals surface area contributed by atoms with Crippen molar-refractivity contribution in [2.75, 3.05) is 46.5 Å². The van der Waals surface area contributed by atoms with E-state index in [2.05, 4.69) is 66.1 Å². The molecule has 9 heterocycles. The van der Waals surface area contributed by atoms with Crippen LogP contribution in [0.3, 0.4) is 0 Å². The molecule has 3 aromatic carbocycles. The normalized spacial score (nSPS) is 27.0. The minimum atomic E-state index is -0.00928. The van der Waals surface area contributed by atoms with Crippen LogP contribution >= 0.6 is 0 Å². The van der Waals surface area contributed by atoms with Crippen molar-refractivity contribution in [1.82, 2.24) is 30.0 Å². The molecule has 6 fully saturated rings. The van der Waals surface area contributed by atoms with Crippen LogP contribution in [0.5, 0.6) is 17.5 Å². The minimum Gasteiger partial charge on any atom is -0.497 e. The molecule has 12 rings (SSSR count). The highest BCUT2D eigenvalue weighted by Gasteiger charge is 2.45. The van der Waals surface area contributed by atoms with Crippen LogP contribution in [0.1, 0.15) is 80.9 Å². The topological polar surface area (TPSA) is 106 Å². The van der Waals surface area contributed by atoms with Gasteiger partial charge >= 0.3 is 0 Å². The summed E-state index contributed by atoms with van der Waals surface area (Å²) in [4.78, 5) is 14.9. The summed E-state index contributed by atoms with van der Waals surface area (Å²) >= 11 is 0. The molecule has 10 heteroatoms. The Balaban J connectivity index is 0.967. The van der Waals surface area contributed by atoms with E-state index in [9.17, 15) is 5.11 Å². The second kappa shape index (κ2) is 16.9. The summed E-state index contributed by atoms with van der Waals surface area (Å²) in [5.41, 5.74) is 5.23. The van der Waals surface area contributed by atoms with Crippen LogP contribution in [0.4, 0.5) is 0 Å². The first-order chi connectivity index (χ1) is 29.5. The van der Waals surface area contributed by atoms with Crippen molar-refractivity contribution in [3.63, 3.8) is 0 Å². The number of aliphatic hydroxyl groups excluding tert-OH is 1. The van der Waals surface area contributed by atoms with Gasteiger partial charge in [0.05, 0.1) is 48.7 Å². The number of fused-ring (bicyclic) bond motifs is 9. The van der Waals surface area contributed by atoms with Crippen molar-refractivity contribution in [3.05, 3.63) is 102 Å². The molecule has 3 aromatic heterocycles. The van der Waals surface area contributed by atoms with Crippen LogP contribution < -0.4 is 14.2 Å². The van der Waals surface area contributed by atoms with Gasteiger partial charge in [-0.05, 0) is 134 Å². The Morgan fingerprint density at radius 2 is 1.20 bits per heavy atom. The molecule has 6 aliphatic rings. The number of aromatic nitrogens is 4. The molecule has 0 saturated carbocycles. The third kappa shape index (κ3) is 7.24. The molecule has 10 atom stereocenters. The first-order valence-electron chi connectivity index (χ1n) is 22.4. The quantitative estimate of drug-likeness (QED) is 0.115. The molecule has 4 bridgehead atoms. The monoisotopic (exact) mass is 806 g/mol. The van der Waals surface area contributed by atoms with Crippen LogP contribution in [0.2, 0.25) is 0 Å². The zero-order valence-corrected chi connectivity index (χ0v) is 35.2. The van der Waals surface area contributed by atoms with Gasteiger partial charge in [-0.1, -0.05) is 44.9 Å². The zero-order valence-electron chi connectivity index (χ0n) is 35.2. The van der Waals surface area contributed by atoms with E-state index in [-0.39, 0.29) is 18.4 Å². The van der Waals surface area contributed by atoms with E-state index >= 15 is 0 Å². The maximum atomic E-state index is 10.1. The maximum Gasteiger partial charge on any atom is 0.241 e. The largest absolute Gasteiger partial charge is 0.497 e. The van der Waals surface area contributed by atoms with E-state index < -0.39 is 0 Å². The van der Waals surface area contributed by atoms with Crippen LogP contribution in [0, 0.1) is 23.7 Å². The van der Waals surface area contributed by atoms with Crippen molar-refractivity contribution < 1.29 is 19.3 Å². The number of hydrogen-bond donors (Lipinski definition) is 1. The van der Waals surface area contributed by atoms with E-state index in [4.69, 9.17) is 34.4 Å². The third-order valence-corrected chi connectivity index (χ3v) is 15.1. The Bertz CT molecular complexity index is 2310. The van der Waals surface area contributed by atoms with Crippen LogP contribution in [0.25, 0.3) is 32.6 Å². The second-order valence-electron chi connectivity index (χ2n) is 17.9. The summed E-state index contributed by atoms with van der Waals surface area (Å²) in [5, 5.41) is 23.6. The van der Waals surface area contributed by atoms with Gasteiger partial charge in [0, 0.05) is 60.2 Å². The summed E-state index contributed by atoms with van der Waals surface area (Å²) in [5.74, 6) is 4.98. The van der Waals surface area contributed by atoms with Gasteiger partial charge < -0.3 is 19.3 Å². The van der Waals surface area contributed by atoms with Gasteiger partial charge in [-0.25, -0.2) is 0 Å². The highest BCUT2D eigenvalue weighted by molar-refractivity contribution is 5.90. The molecular weight excluding hydrogens is 749 g/mol. The summed E-state index contributed by atoms with van der Waals surface area (Å²) < 4.78 is 19.5. The summed E-state index contributed by atoms with van der Waals surface area (Å²) in [6, 6.07) is 25.5. The van der Waals surface area contributed by atoms with Crippen molar-refractivity contribution in [1.29, 1.82) is 0 Å². The van der Waals surface area contributed by atoms with E-state index in [1.54, 1.807) is 7.11 Å². The lowest BCUT2D eigenvalue weighted by Gasteiger charge is -2.52. The van der Waals surface area contributed by atoms with E-state index in [0.717, 1.165) is 107 Å². The summed E-state index contributed by atoms with van der Waals surface area (Å²) in [7, 11) is 1.72. The average Bonchev–Trinajstić information content (AvgIpc) is 3.32. The van der Waals surface area contributed by atoms with Gasteiger partial charge in [0.2, 0.25) is 11.8 Å². The number of methoxy groups -OCH3 is 1. The number of nitrogens with zero attached hydrogens (tertiary/aromatic N) is 6. The Hall–Kier alpha value is -4.90. The minimum absolute atomic E-state index is 0.00928. The number of ether oxygens (including phenoxy) is 3. The van der Waals surface area contributed by atoms with Crippen LogP contribution in [0.15, 0.2) is 85.2 Å². The lowest BCUT2D eigenvalue weighted by molar-refractivity contribution is -0.0177. The number of aliphatic hydroxyl groups is 1. The predicted molar refractivity (Wildman–Crippen MR) is 236 cm³/mol. The number of pyridine rings is 2. The number of rotatable bonds is 14. The van der Waals surface area contributed by atoms with Crippen molar-refractivity contribution in [2.24, 2.45) is 23.7 Å². The molecule has 6 aromatic rings. The van der Waals surface area contributed by atoms with E-state index in [1.807, 2.05) is 42.7 Å². The second-order valence-corrected chi connectivity index (χ2v) is 17.9. The average molecular weight is 807 g/mol. The number of piperidine rings is 6. The summed E-state index contributed by atoms with van der Waals surface area (Å²) in [6.45, 7) is 10.1. The predicted octanol–water partition coefficient (Wildman–Crippen LogP) is 8.79. The fraction of sp³-hybridized carbons (Fsp3) is 0.480. The van der Waals surface area contributed by atoms with E-state index in [1.165, 1.54) is 36.8 Å². The molecule has 0 radical (unpaired) electrons. The lowest BCUT2D eigenvalue weighted by atomic mass is 9.70. The first kappa shape index (κ1) is 39.2. The van der Waals surface area contributed by atoms with Crippen molar-refractivity contribution in [3.8, 4) is 17.5 Å². The van der Waals surface area contributed by atoms with Gasteiger partial charge in [-0.3, -0.25) is 19.8 Å². The Morgan fingerprint density at radius 3 is 1.68 bits per heavy atom. The van der Waals surface area contributed by atoms with Gasteiger partial charge in [0.15, 0.2) is 0 Å². The Morgan fingerprint density at radius 1 is 0.667 bits per heavy atom.